The molecule has 2 N–H and O–H groups in total. The fourth-order valence-electron chi connectivity index (χ4n) is 1.91. The van der Waals surface area contributed by atoms with Gasteiger partial charge < -0.3 is 19.6 Å². The molecule has 5 heteroatoms. The summed E-state index contributed by atoms with van der Waals surface area (Å²) in [6.07, 6.45) is 1.47. The van der Waals surface area contributed by atoms with Crippen LogP contribution in [0.4, 0.5) is 5.88 Å². The van der Waals surface area contributed by atoms with Crippen LogP contribution in [0.3, 0.4) is 0 Å². The van der Waals surface area contributed by atoms with E-state index in [-0.39, 0.29) is 5.88 Å². The zero-order chi connectivity index (χ0) is 12.5. The van der Waals surface area contributed by atoms with Crippen molar-refractivity contribution in [3.05, 3.63) is 30.0 Å². The number of ether oxygens (including phenoxy) is 2. The Morgan fingerprint density at radius 3 is 2.72 bits per heavy atom. The third-order valence-corrected chi connectivity index (χ3v) is 2.78. The van der Waals surface area contributed by atoms with Crippen molar-refractivity contribution in [2.45, 2.75) is 0 Å². The average Bonchev–Trinajstić information content (AvgIpc) is 2.79. The molecule has 1 aromatic carbocycles. The number of rotatable bonds is 1. The second-order valence-corrected chi connectivity index (χ2v) is 3.86. The van der Waals surface area contributed by atoms with Gasteiger partial charge >= 0.3 is 0 Å². The minimum atomic E-state index is 0.127. The summed E-state index contributed by atoms with van der Waals surface area (Å²) in [5, 5.41) is 9.04. The van der Waals surface area contributed by atoms with Gasteiger partial charge in [0, 0.05) is 5.56 Å². The van der Waals surface area contributed by atoms with Gasteiger partial charge in [0.1, 0.15) is 31.1 Å². The summed E-state index contributed by atoms with van der Waals surface area (Å²) in [6, 6.07) is 7.51. The van der Waals surface area contributed by atoms with Gasteiger partial charge in [0.25, 0.3) is 0 Å². The van der Waals surface area contributed by atoms with Gasteiger partial charge in [0.05, 0.1) is 0 Å². The number of anilines is 1. The number of nitrogens with two attached hydrogens (primary N) is 1. The highest BCUT2D eigenvalue weighted by molar-refractivity contribution is 5.76. The zero-order valence-corrected chi connectivity index (χ0v) is 9.47. The fourth-order valence-corrected chi connectivity index (χ4v) is 1.91. The predicted molar refractivity (Wildman–Crippen MR) is 64.3 cm³/mol. The Labute approximate surface area is 103 Å². The van der Waals surface area contributed by atoms with Crippen LogP contribution in [0.15, 0.2) is 28.9 Å². The predicted octanol–water partition coefficient (Wildman–Crippen LogP) is 2.17. The first-order valence-corrected chi connectivity index (χ1v) is 5.46. The quantitative estimate of drug-likeness (QED) is 0.828. The smallest absolute Gasteiger partial charge is 0.208 e. The van der Waals surface area contributed by atoms with Gasteiger partial charge in [-0.2, -0.15) is 5.26 Å². The van der Waals surface area contributed by atoms with Crippen LogP contribution in [0.5, 0.6) is 11.5 Å². The van der Waals surface area contributed by atoms with E-state index in [2.05, 4.69) is 0 Å². The molecule has 90 valence electrons. The average molecular weight is 242 g/mol. The van der Waals surface area contributed by atoms with Crippen molar-refractivity contribution in [3.8, 4) is 28.7 Å². The molecule has 5 nitrogen and oxygen atoms in total. The number of fused-ring (bicyclic) bond motifs is 1. The maximum absolute atomic E-state index is 9.04. The molecule has 1 aromatic heterocycles. The minimum absolute atomic E-state index is 0.127. The number of hydrogen-bond donors (Lipinski definition) is 1. The van der Waals surface area contributed by atoms with Gasteiger partial charge in [-0.1, -0.05) is 6.07 Å². The molecule has 3 rings (SSSR count). The van der Waals surface area contributed by atoms with E-state index in [1.54, 1.807) is 0 Å². The molecule has 2 aromatic rings. The summed E-state index contributed by atoms with van der Waals surface area (Å²) in [7, 11) is 0. The maximum atomic E-state index is 9.04. The number of nitriles is 1. The summed E-state index contributed by atoms with van der Waals surface area (Å²) in [5.74, 6) is 1.50. The van der Waals surface area contributed by atoms with Crippen molar-refractivity contribution < 1.29 is 13.9 Å². The van der Waals surface area contributed by atoms with Crippen molar-refractivity contribution in [2.24, 2.45) is 0 Å². The molecule has 1 aliphatic rings. The van der Waals surface area contributed by atoms with E-state index in [1.165, 1.54) is 6.26 Å². The normalized spacial score (nSPS) is 13.1. The molecule has 0 radical (unpaired) electrons. The molecule has 0 atom stereocenters. The van der Waals surface area contributed by atoms with Gasteiger partial charge in [-0.25, -0.2) is 0 Å². The topological polar surface area (TPSA) is 81.4 Å². The van der Waals surface area contributed by atoms with Crippen LogP contribution in [0.1, 0.15) is 5.56 Å². The van der Waals surface area contributed by atoms with Crippen LogP contribution in [0.25, 0.3) is 11.1 Å². The number of furan rings is 1. The monoisotopic (exact) mass is 242 g/mol. The van der Waals surface area contributed by atoms with E-state index in [1.807, 2.05) is 24.3 Å². The Morgan fingerprint density at radius 2 is 1.94 bits per heavy atom. The second kappa shape index (κ2) is 4.00. The number of benzene rings is 1. The van der Waals surface area contributed by atoms with Gasteiger partial charge in [-0.15, -0.1) is 0 Å². The number of nitrogens with zero attached hydrogens (tertiary/aromatic N) is 1. The summed E-state index contributed by atoms with van der Waals surface area (Å²) in [5.41, 5.74) is 7.40. The zero-order valence-electron chi connectivity index (χ0n) is 9.47. The second-order valence-electron chi connectivity index (χ2n) is 3.86. The van der Waals surface area contributed by atoms with Crippen LogP contribution in [0, 0.1) is 11.3 Å². The van der Waals surface area contributed by atoms with Crippen LogP contribution < -0.4 is 15.2 Å². The van der Waals surface area contributed by atoms with Crippen LogP contribution in [0.2, 0.25) is 0 Å². The van der Waals surface area contributed by atoms with Crippen molar-refractivity contribution in [2.75, 3.05) is 18.9 Å². The van der Waals surface area contributed by atoms with Crippen molar-refractivity contribution in [1.29, 1.82) is 5.26 Å². The Morgan fingerprint density at radius 1 is 1.17 bits per heavy atom. The molecule has 0 saturated heterocycles. The largest absolute Gasteiger partial charge is 0.486 e. The van der Waals surface area contributed by atoms with Crippen molar-refractivity contribution >= 4 is 5.88 Å². The highest BCUT2D eigenvalue weighted by atomic mass is 16.6. The first-order valence-electron chi connectivity index (χ1n) is 5.46. The minimum Gasteiger partial charge on any atom is -0.486 e. The highest BCUT2D eigenvalue weighted by Gasteiger charge is 2.16. The molecule has 0 bridgehead atoms. The van der Waals surface area contributed by atoms with Gasteiger partial charge in [-0.05, 0) is 17.7 Å². The van der Waals surface area contributed by atoms with Crippen molar-refractivity contribution in [1.82, 2.24) is 0 Å². The molecule has 0 amide bonds. The fraction of sp³-hybridized carbons (Fsp3) is 0.154. The summed E-state index contributed by atoms with van der Waals surface area (Å²) >= 11 is 0. The SMILES string of the molecule is N#Cc1c(-c2ccc3c(c2)OCCO3)coc1N. The van der Waals surface area contributed by atoms with E-state index in [0.717, 1.165) is 5.56 Å². The Bertz CT molecular complexity index is 640. The lowest BCUT2D eigenvalue weighted by atomic mass is 10.0. The summed E-state index contributed by atoms with van der Waals surface area (Å²) < 4.78 is 16.0. The lowest BCUT2D eigenvalue weighted by Crippen LogP contribution is -2.15. The van der Waals surface area contributed by atoms with Gasteiger partial charge in [-0.3, -0.25) is 0 Å². The molecule has 18 heavy (non-hydrogen) atoms. The first kappa shape index (κ1) is 10.5. The number of nitrogen functional groups attached to an aromatic ring is 1. The lowest BCUT2D eigenvalue weighted by Gasteiger charge is -2.18. The molecule has 0 fully saturated rings. The van der Waals surface area contributed by atoms with Crippen LogP contribution in [-0.4, -0.2) is 13.2 Å². The maximum Gasteiger partial charge on any atom is 0.208 e. The van der Waals surface area contributed by atoms with E-state index < -0.39 is 0 Å². The molecule has 1 aliphatic heterocycles. The Balaban J connectivity index is 2.10. The highest BCUT2D eigenvalue weighted by Crippen LogP contribution is 2.37. The van der Waals surface area contributed by atoms with Crippen molar-refractivity contribution in [3.63, 3.8) is 0 Å². The molecule has 0 unspecified atom stereocenters. The molecule has 2 heterocycles. The van der Waals surface area contributed by atoms with E-state index in [4.69, 9.17) is 24.9 Å². The summed E-state index contributed by atoms with van der Waals surface area (Å²) in [4.78, 5) is 0. The van der Waals surface area contributed by atoms with Gasteiger partial charge in [0.2, 0.25) is 5.88 Å². The van der Waals surface area contributed by atoms with Crippen LogP contribution >= 0.6 is 0 Å². The van der Waals surface area contributed by atoms with E-state index in [9.17, 15) is 0 Å². The molecule has 0 spiro atoms. The lowest BCUT2D eigenvalue weighted by molar-refractivity contribution is 0.171. The van der Waals surface area contributed by atoms with E-state index in [0.29, 0.717) is 35.8 Å². The first-order chi connectivity index (χ1) is 8.79. The third-order valence-electron chi connectivity index (χ3n) is 2.78. The Kier molecular flexibility index (Phi) is 2.34. The van der Waals surface area contributed by atoms with E-state index >= 15 is 0 Å². The Hall–Kier alpha value is -2.61. The van der Waals surface area contributed by atoms with Crippen LogP contribution in [-0.2, 0) is 0 Å². The third kappa shape index (κ3) is 1.55. The van der Waals surface area contributed by atoms with Gasteiger partial charge in [0.15, 0.2) is 11.5 Å². The molecular formula is C13H10N2O3. The molecular weight excluding hydrogens is 232 g/mol. The summed E-state index contributed by atoms with van der Waals surface area (Å²) in [6.45, 7) is 1.07. The standard InChI is InChI=1S/C13H10N2O3/c14-6-9-10(7-18-13(9)15)8-1-2-11-12(5-8)17-4-3-16-11/h1-2,5,7H,3-4,15H2. The molecule has 0 aliphatic carbocycles. The number of hydrogen-bond acceptors (Lipinski definition) is 5. The molecule has 0 saturated carbocycles.